The van der Waals surface area contributed by atoms with E-state index in [1.165, 1.54) is 0 Å². The van der Waals surface area contributed by atoms with Crippen molar-refractivity contribution in [2.45, 2.75) is 6.42 Å². The fraction of sp³-hybridized carbons (Fsp3) is 0.400. The largest absolute Gasteiger partial charge is 0.494 e. The van der Waals surface area contributed by atoms with Gasteiger partial charge in [-0.05, 0) is 24.6 Å². The molecule has 1 rings (SSSR count). The molecule has 0 atom stereocenters. The third-order valence-corrected chi connectivity index (χ3v) is 2.37. The van der Waals surface area contributed by atoms with Gasteiger partial charge in [-0.3, -0.25) is 0 Å². The quantitative estimate of drug-likeness (QED) is 0.733. The van der Waals surface area contributed by atoms with Crippen LogP contribution in [0.2, 0.25) is 0 Å². The maximum absolute atomic E-state index is 10.7. The van der Waals surface area contributed by atoms with Crippen LogP contribution in [0.3, 0.4) is 0 Å². The molecule has 0 aliphatic carbocycles. The lowest BCUT2D eigenvalue weighted by Gasteiger charge is -2.05. The molecule has 0 aromatic heterocycles. The average molecular weight is 228 g/mol. The van der Waals surface area contributed by atoms with Gasteiger partial charge >= 0.3 is 0 Å². The second kappa shape index (κ2) is 5.72. The minimum atomic E-state index is -3.08. The minimum Gasteiger partial charge on any atom is -0.494 e. The molecule has 1 aromatic carbocycles. The molecule has 15 heavy (non-hydrogen) atoms. The third kappa shape index (κ3) is 6.09. The number of nitrogens with one attached hydrogen (secondary N) is 1. The van der Waals surface area contributed by atoms with Gasteiger partial charge in [-0.1, -0.05) is 12.1 Å². The zero-order valence-corrected chi connectivity index (χ0v) is 9.38. The standard InChI is InChI=1S/C10H14NO3S/c1-15(12,13)11-8-5-9-14-10-6-3-2-4-7-10/h3-4,6-7,11H,5,8-9H2,1H3. The molecule has 0 bridgehead atoms. The summed E-state index contributed by atoms with van der Waals surface area (Å²) in [6.45, 7) is 0.893. The van der Waals surface area contributed by atoms with Crippen LogP contribution in [-0.2, 0) is 10.0 Å². The second-order valence-electron chi connectivity index (χ2n) is 3.10. The SMILES string of the molecule is CS(=O)(=O)NCCCOc1cc[c]cc1. The van der Waals surface area contributed by atoms with E-state index in [1.54, 1.807) is 12.1 Å². The fourth-order valence-electron chi connectivity index (χ4n) is 0.988. The number of benzene rings is 1. The van der Waals surface area contributed by atoms with E-state index >= 15 is 0 Å². The monoisotopic (exact) mass is 228 g/mol. The molecule has 0 spiro atoms. The highest BCUT2D eigenvalue weighted by atomic mass is 32.2. The van der Waals surface area contributed by atoms with Gasteiger partial charge < -0.3 is 4.74 Å². The molecule has 0 amide bonds. The summed E-state index contributed by atoms with van der Waals surface area (Å²) in [6.07, 6.45) is 1.78. The lowest BCUT2D eigenvalue weighted by molar-refractivity contribution is 0.311. The van der Waals surface area contributed by atoms with Gasteiger partial charge in [0.15, 0.2) is 0 Å². The Hall–Kier alpha value is -1.07. The maximum atomic E-state index is 10.7. The second-order valence-corrected chi connectivity index (χ2v) is 4.94. The fourth-order valence-corrected chi connectivity index (χ4v) is 1.50. The van der Waals surface area contributed by atoms with Gasteiger partial charge in [0.25, 0.3) is 0 Å². The first kappa shape index (κ1) is 12.0. The first-order valence-electron chi connectivity index (χ1n) is 4.61. The number of hydrogen-bond donors (Lipinski definition) is 1. The molecule has 83 valence electrons. The van der Waals surface area contributed by atoms with E-state index in [2.05, 4.69) is 10.8 Å². The van der Waals surface area contributed by atoms with Crippen molar-refractivity contribution < 1.29 is 13.2 Å². The number of sulfonamides is 1. The molecule has 0 saturated heterocycles. The van der Waals surface area contributed by atoms with E-state index in [0.717, 1.165) is 12.0 Å². The van der Waals surface area contributed by atoms with Crippen molar-refractivity contribution in [3.8, 4) is 5.75 Å². The normalized spacial score (nSPS) is 11.3. The first-order chi connectivity index (χ1) is 7.08. The Bertz CT molecular complexity index is 375. The van der Waals surface area contributed by atoms with E-state index in [9.17, 15) is 8.42 Å². The summed E-state index contributed by atoms with van der Waals surface area (Å²) < 4.78 is 29.2. The van der Waals surface area contributed by atoms with Gasteiger partial charge in [0, 0.05) is 6.54 Å². The van der Waals surface area contributed by atoms with Crippen LogP contribution in [0, 0.1) is 6.07 Å². The molecule has 1 radical (unpaired) electrons. The van der Waals surface area contributed by atoms with Crippen LogP contribution in [0.25, 0.3) is 0 Å². The van der Waals surface area contributed by atoms with Crippen LogP contribution < -0.4 is 9.46 Å². The third-order valence-electron chi connectivity index (χ3n) is 1.64. The van der Waals surface area contributed by atoms with Crippen molar-refractivity contribution in [3.63, 3.8) is 0 Å². The molecular formula is C10H14NO3S. The number of rotatable bonds is 6. The van der Waals surface area contributed by atoms with Crippen molar-refractivity contribution in [2.24, 2.45) is 0 Å². The van der Waals surface area contributed by atoms with Crippen molar-refractivity contribution in [1.29, 1.82) is 0 Å². The molecular weight excluding hydrogens is 214 g/mol. The smallest absolute Gasteiger partial charge is 0.208 e. The van der Waals surface area contributed by atoms with Crippen LogP contribution in [0.4, 0.5) is 0 Å². The maximum Gasteiger partial charge on any atom is 0.208 e. The average Bonchev–Trinajstić information content (AvgIpc) is 2.17. The van der Waals surface area contributed by atoms with Crippen LogP contribution in [0.5, 0.6) is 5.75 Å². The van der Waals surface area contributed by atoms with Crippen LogP contribution in [0.1, 0.15) is 6.42 Å². The molecule has 1 N–H and O–H groups in total. The van der Waals surface area contributed by atoms with Crippen LogP contribution in [0.15, 0.2) is 24.3 Å². The summed E-state index contributed by atoms with van der Waals surface area (Å²) in [5.74, 6) is 0.771. The highest BCUT2D eigenvalue weighted by molar-refractivity contribution is 7.88. The highest BCUT2D eigenvalue weighted by Gasteiger charge is 1.98. The van der Waals surface area contributed by atoms with Gasteiger partial charge in [-0.15, -0.1) is 0 Å². The summed E-state index contributed by atoms with van der Waals surface area (Å²) >= 11 is 0. The van der Waals surface area contributed by atoms with E-state index < -0.39 is 10.0 Å². The van der Waals surface area contributed by atoms with E-state index in [0.29, 0.717) is 19.6 Å². The molecule has 0 aliphatic rings. The Morgan fingerprint density at radius 1 is 1.40 bits per heavy atom. The van der Waals surface area contributed by atoms with Gasteiger partial charge in [-0.25, -0.2) is 13.1 Å². The molecule has 5 heteroatoms. The lowest BCUT2D eigenvalue weighted by atomic mass is 10.3. The van der Waals surface area contributed by atoms with E-state index in [1.807, 2.05) is 12.1 Å². The van der Waals surface area contributed by atoms with Gasteiger partial charge in [0.05, 0.1) is 12.9 Å². The van der Waals surface area contributed by atoms with Gasteiger partial charge in [0.1, 0.15) is 5.75 Å². The summed E-state index contributed by atoms with van der Waals surface area (Å²) in [5.41, 5.74) is 0. The Labute approximate surface area is 90.3 Å². The predicted molar refractivity (Wildman–Crippen MR) is 58.2 cm³/mol. The first-order valence-corrected chi connectivity index (χ1v) is 6.50. The predicted octanol–water partition coefficient (Wildman–Crippen LogP) is 0.805. The molecule has 0 saturated carbocycles. The summed E-state index contributed by atoms with van der Waals surface area (Å²) in [6, 6.07) is 10.0. The van der Waals surface area contributed by atoms with Gasteiger partial charge in [-0.2, -0.15) is 0 Å². The summed E-state index contributed by atoms with van der Waals surface area (Å²) in [4.78, 5) is 0. The Morgan fingerprint density at radius 3 is 2.67 bits per heavy atom. The molecule has 0 heterocycles. The molecule has 0 unspecified atom stereocenters. The van der Waals surface area contributed by atoms with E-state index in [4.69, 9.17) is 4.74 Å². The molecule has 4 nitrogen and oxygen atoms in total. The van der Waals surface area contributed by atoms with Crippen molar-refractivity contribution >= 4 is 10.0 Å². The summed E-state index contributed by atoms with van der Waals surface area (Å²) in [5, 5.41) is 0. The molecule has 0 aliphatic heterocycles. The van der Waals surface area contributed by atoms with Gasteiger partial charge in [0.2, 0.25) is 10.0 Å². The van der Waals surface area contributed by atoms with Crippen molar-refractivity contribution in [1.82, 2.24) is 4.72 Å². The van der Waals surface area contributed by atoms with Crippen LogP contribution >= 0.6 is 0 Å². The zero-order chi connectivity index (χ0) is 11.1. The zero-order valence-electron chi connectivity index (χ0n) is 8.56. The highest BCUT2D eigenvalue weighted by Crippen LogP contribution is 2.07. The molecule has 0 fully saturated rings. The lowest BCUT2D eigenvalue weighted by Crippen LogP contribution is -2.24. The summed E-state index contributed by atoms with van der Waals surface area (Å²) in [7, 11) is -3.08. The van der Waals surface area contributed by atoms with E-state index in [-0.39, 0.29) is 0 Å². The Morgan fingerprint density at radius 2 is 2.07 bits per heavy atom. The Balaban J connectivity index is 2.13. The Kier molecular flexibility index (Phi) is 4.58. The minimum absolute atomic E-state index is 0.401. The van der Waals surface area contributed by atoms with Crippen molar-refractivity contribution in [3.05, 3.63) is 30.3 Å². The molecule has 1 aromatic rings. The topological polar surface area (TPSA) is 55.4 Å². The van der Waals surface area contributed by atoms with Crippen LogP contribution in [-0.4, -0.2) is 27.8 Å². The number of ether oxygens (including phenoxy) is 1. The number of hydrogen-bond acceptors (Lipinski definition) is 3. The van der Waals surface area contributed by atoms with Crippen molar-refractivity contribution in [2.75, 3.05) is 19.4 Å².